The van der Waals surface area contributed by atoms with Crippen LogP contribution < -0.4 is 5.73 Å². The molecule has 0 aliphatic carbocycles. The third-order valence-corrected chi connectivity index (χ3v) is 7.46. The summed E-state index contributed by atoms with van der Waals surface area (Å²) in [5, 5.41) is 4.63. The van der Waals surface area contributed by atoms with Gasteiger partial charge in [0.15, 0.2) is 0 Å². The maximum Gasteiger partial charge on any atom is 0.0317 e. The number of likely N-dealkylation sites (tertiary alicyclic amines) is 1. The Bertz CT molecular complexity index is 803. The van der Waals surface area contributed by atoms with Gasteiger partial charge in [0.25, 0.3) is 0 Å². The summed E-state index contributed by atoms with van der Waals surface area (Å²) in [6.07, 6.45) is 6.77. The van der Waals surface area contributed by atoms with Gasteiger partial charge in [0.2, 0.25) is 0 Å². The van der Waals surface area contributed by atoms with Crippen LogP contribution in [0.3, 0.4) is 0 Å². The van der Waals surface area contributed by atoms with Crippen molar-refractivity contribution in [2.24, 2.45) is 0 Å². The summed E-state index contributed by atoms with van der Waals surface area (Å²) < 4.78 is 0. The second-order valence-electron chi connectivity index (χ2n) is 7.42. The molecule has 0 bridgehead atoms. The van der Waals surface area contributed by atoms with Gasteiger partial charge < -0.3 is 5.73 Å². The molecule has 2 nitrogen and oxygen atoms in total. The Morgan fingerprint density at radius 1 is 1.00 bits per heavy atom. The van der Waals surface area contributed by atoms with Crippen LogP contribution in [0.25, 0.3) is 0 Å². The minimum atomic E-state index is -0.195. The van der Waals surface area contributed by atoms with Crippen molar-refractivity contribution in [3.05, 3.63) is 82.1 Å². The molecule has 2 aliphatic rings. The van der Waals surface area contributed by atoms with E-state index >= 15 is 0 Å². The highest BCUT2D eigenvalue weighted by atomic mass is 32.2. The zero-order valence-corrected chi connectivity index (χ0v) is 16.3. The van der Waals surface area contributed by atoms with E-state index < -0.39 is 0 Å². The van der Waals surface area contributed by atoms with Crippen molar-refractivity contribution in [3.63, 3.8) is 0 Å². The second kappa shape index (κ2) is 7.73. The van der Waals surface area contributed by atoms with E-state index in [2.05, 4.69) is 71.2 Å². The first-order valence-corrected chi connectivity index (χ1v) is 11.0. The normalized spacial score (nSPS) is 19.3. The van der Waals surface area contributed by atoms with Crippen molar-refractivity contribution in [1.29, 1.82) is 0 Å². The third-order valence-electron chi connectivity index (χ3n) is 5.58. The van der Waals surface area contributed by atoms with Gasteiger partial charge in [-0.25, -0.2) is 0 Å². The highest BCUT2D eigenvalue weighted by Crippen LogP contribution is 2.41. The standard InChI is InChI=1S/C23H28N2S/c1-18-4-7-21(24)16-23(18)20-10-12-25(13-11-20)17-19-5-8-22(9-6-19)26-14-2-3-15-26/h2-9,14-16,20,26H,10-13,17,24H2,1H3. The molecule has 26 heavy (non-hydrogen) atoms. The molecule has 4 rings (SSSR count). The van der Waals surface area contributed by atoms with Crippen LogP contribution in [0.15, 0.2) is 70.3 Å². The summed E-state index contributed by atoms with van der Waals surface area (Å²) in [5.41, 5.74) is 11.2. The molecular formula is C23H28N2S. The molecule has 2 aromatic carbocycles. The molecule has 0 radical (unpaired) electrons. The zero-order chi connectivity index (χ0) is 17.9. The van der Waals surface area contributed by atoms with Crippen molar-refractivity contribution < 1.29 is 0 Å². The van der Waals surface area contributed by atoms with Gasteiger partial charge in [0, 0.05) is 12.2 Å². The molecule has 0 atom stereocenters. The maximum atomic E-state index is 6.00. The molecule has 0 saturated carbocycles. The molecule has 2 aliphatic heterocycles. The molecular weight excluding hydrogens is 336 g/mol. The van der Waals surface area contributed by atoms with E-state index in [0.717, 1.165) is 12.2 Å². The lowest BCUT2D eigenvalue weighted by atomic mass is 9.86. The third kappa shape index (κ3) is 3.89. The number of nitrogen functional groups attached to an aromatic ring is 1. The van der Waals surface area contributed by atoms with E-state index in [0.29, 0.717) is 5.92 Å². The number of nitrogens with zero attached hydrogens (tertiary/aromatic N) is 1. The van der Waals surface area contributed by atoms with Crippen LogP contribution >= 0.6 is 10.9 Å². The van der Waals surface area contributed by atoms with E-state index in [1.165, 1.54) is 47.5 Å². The Morgan fingerprint density at radius 2 is 1.69 bits per heavy atom. The van der Waals surface area contributed by atoms with E-state index in [1.807, 2.05) is 6.07 Å². The van der Waals surface area contributed by atoms with Gasteiger partial charge in [0.05, 0.1) is 0 Å². The number of allylic oxidation sites excluding steroid dienone is 2. The lowest BCUT2D eigenvalue weighted by molar-refractivity contribution is 0.204. The van der Waals surface area contributed by atoms with Crippen LogP contribution in [0.2, 0.25) is 0 Å². The van der Waals surface area contributed by atoms with Crippen LogP contribution in [0.4, 0.5) is 5.69 Å². The van der Waals surface area contributed by atoms with Crippen molar-refractivity contribution >= 4 is 16.6 Å². The lowest BCUT2D eigenvalue weighted by Gasteiger charge is -2.33. The SMILES string of the molecule is Cc1ccc(N)cc1C1CCN(Cc2ccc([SH]3C=CC=C3)cc2)CC1. The fourth-order valence-electron chi connectivity index (χ4n) is 4.04. The molecule has 2 heterocycles. The fraction of sp³-hybridized carbons (Fsp3) is 0.304. The number of aryl methyl sites for hydroxylation is 1. The Labute approximate surface area is 159 Å². The molecule has 1 fully saturated rings. The predicted molar refractivity (Wildman–Crippen MR) is 115 cm³/mol. The van der Waals surface area contributed by atoms with E-state index in [9.17, 15) is 0 Å². The highest BCUT2D eigenvalue weighted by molar-refractivity contribution is 8.22. The van der Waals surface area contributed by atoms with Gasteiger partial charge in [-0.15, -0.1) is 0 Å². The minimum absolute atomic E-state index is 0.195. The minimum Gasteiger partial charge on any atom is -0.399 e. The van der Waals surface area contributed by atoms with E-state index in [1.54, 1.807) is 0 Å². The van der Waals surface area contributed by atoms with Crippen molar-refractivity contribution in [1.82, 2.24) is 4.90 Å². The predicted octanol–water partition coefficient (Wildman–Crippen LogP) is 5.36. The molecule has 1 saturated heterocycles. The number of anilines is 1. The number of nitrogens with two attached hydrogens (primary N) is 1. The van der Waals surface area contributed by atoms with Crippen molar-refractivity contribution in [2.45, 2.75) is 37.1 Å². The molecule has 0 spiro atoms. The molecule has 0 aromatic heterocycles. The topological polar surface area (TPSA) is 29.3 Å². The maximum absolute atomic E-state index is 6.00. The number of hydrogen-bond acceptors (Lipinski definition) is 2. The van der Waals surface area contributed by atoms with Crippen LogP contribution in [0.5, 0.6) is 0 Å². The fourth-order valence-corrected chi connectivity index (χ4v) is 5.55. The average Bonchev–Trinajstić information content (AvgIpc) is 3.20. The first-order chi connectivity index (χ1) is 12.7. The zero-order valence-electron chi connectivity index (χ0n) is 15.4. The molecule has 0 unspecified atom stereocenters. The quantitative estimate of drug-likeness (QED) is 0.565. The molecule has 136 valence electrons. The highest BCUT2D eigenvalue weighted by Gasteiger charge is 2.22. The van der Waals surface area contributed by atoms with Gasteiger partial charge in [-0.1, -0.05) is 30.4 Å². The molecule has 2 N–H and O–H groups in total. The largest absolute Gasteiger partial charge is 0.399 e. The van der Waals surface area contributed by atoms with Gasteiger partial charge in [-0.05, 0) is 95.4 Å². The Morgan fingerprint density at radius 3 is 2.38 bits per heavy atom. The summed E-state index contributed by atoms with van der Waals surface area (Å²) in [7, 11) is -0.195. The van der Waals surface area contributed by atoms with E-state index in [-0.39, 0.29) is 10.9 Å². The lowest BCUT2D eigenvalue weighted by Crippen LogP contribution is -2.32. The number of thiol groups is 1. The van der Waals surface area contributed by atoms with Crippen LogP contribution in [0, 0.1) is 6.92 Å². The summed E-state index contributed by atoms with van der Waals surface area (Å²) >= 11 is 0. The number of rotatable bonds is 4. The van der Waals surface area contributed by atoms with Gasteiger partial charge in [-0.3, -0.25) is 4.90 Å². The molecule has 3 heteroatoms. The van der Waals surface area contributed by atoms with Crippen LogP contribution in [-0.2, 0) is 6.54 Å². The Kier molecular flexibility index (Phi) is 5.18. The summed E-state index contributed by atoms with van der Waals surface area (Å²) in [4.78, 5) is 4.04. The summed E-state index contributed by atoms with van der Waals surface area (Å²) in [5.74, 6) is 0.654. The molecule has 2 aromatic rings. The summed E-state index contributed by atoms with van der Waals surface area (Å²) in [6.45, 7) is 5.60. The van der Waals surface area contributed by atoms with Crippen LogP contribution in [-0.4, -0.2) is 18.0 Å². The number of piperidine rings is 1. The number of benzene rings is 2. The van der Waals surface area contributed by atoms with Gasteiger partial charge in [0.1, 0.15) is 0 Å². The Hall–Kier alpha value is -1.97. The smallest absolute Gasteiger partial charge is 0.0317 e. The van der Waals surface area contributed by atoms with Gasteiger partial charge in [-0.2, -0.15) is 10.9 Å². The monoisotopic (exact) mass is 364 g/mol. The molecule has 0 amide bonds. The van der Waals surface area contributed by atoms with E-state index in [4.69, 9.17) is 5.73 Å². The van der Waals surface area contributed by atoms with Crippen molar-refractivity contribution in [2.75, 3.05) is 18.8 Å². The Balaban J connectivity index is 1.34. The average molecular weight is 365 g/mol. The summed E-state index contributed by atoms with van der Waals surface area (Å²) in [6, 6.07) is 15.6. The first kappa shape index (κ1) is 17.4. The first-order valence-electron chi connectivity index (χ1n) is 9.50. The van der Waals surface area contributed by atoms with Gasteiger partial charge >= 0.3 is 0 Å². The number of hydrogen-bond donors (Lipinski definition) is 2. The second-order valence-corrected chi connectivity index (χ2v) is 9.35. The van der Waals surface area contributed by atoms with Crippen molar-refractivity contribution in [3.8, 4) is 0 Å². The van der Waals surface area contributed by atoms with Crippen LogP contribution in [0.1, 0.15) is 35.4 Å².